The van der Waals surface area contributed by atoms with Crippen molar-refractivity contribution in [2.24, 2.45) is 0 Å². The van der Waals surface area contributed by atoms with Gasteiger partial charge in [0.1, 0.15) is 17.1 Å². The molecule has 0 radical (unpaired) electrons. The fourth-order valence-electron chi connectivity index (χ4n) is 5.08. The van der Waals surface area contributed by atoms with Gasteiger partial charge in [-0.3, -0.25) is 4.90 Å². The van der Waals surface area contributed by atoms with Crippen molar-refractivity contribution in [1.29, 1.82) is 0 Å². The van der Waals surface area contributed by atoms with E-state index < -0.39 is 5.97 Å². The summed E-state index contributed by atoms with van der Waals surface area (Å²) >= 11 is 13.0. The van der Waals surface area contributed by atoms with Crippen molar-refractivity contribution in [2.45, 2.75) is 25.2 Å². The third-order valence-corrected chi connectivity index (χ3v) is 7.90. The van der Waals surface area contributed by atoms with Gasteiger partial charge >= 0.3 is 5.97 Å². The zero-order valence-corrected chi connectivity index (χ0v) is 21.7. The normalized spacial score (nSPS) is 16.4. The van der Waals surface area contributed by atoms with Crippen LogP contribution >= 0.6 is 23.2 Å². The Morgan fingerprint density at radius 1 is 1.03 bits per heavy atom. The van der Waals surface area contributed by atoms with Crippen molar-refractivity contribution in [3.05, 3.63) is 75.6 Å². The number of pyridine rings is 1. The summed E-state index contributed by atoms with van der Waals surface area (Å²) in [4.78, 5) is 20.3. The first-order valence-electron chi connectivity index (χ1n) is 12.5. The molecule has 1 aliphatic carbocycles. The summed E-state index contributed by atoms with van der Waals surface area (Å²) in [5, 5.41) is 15.7. The molecular formula is C28H26Cl2N4O3. The van der Waals surface area contributed by atoms with E-state index in [0.717, 1.165) is 85.6 Å². The Morgan fingerprint density at radius 3 is 2.49 bits per heavy atom. The van der Waals surface area contributed by atoms with E-state index in [1.54, 1.807) is 6.07 Å². The van der Waals surface area contributed by atoms with E-state index >= 15 is 0 Å². The molecule has 0 spiro atoms. The van der Waals surface area contributed by atoms with Crippen LogP contribution < -0.4 is 4.90 Å². The second-order valence-electron chi connectivity index (χ2n) is 9.70. The SMILES string of the molecule is O=C(O)c1ccc2cc(N3CCN(CCc4c(-c5c(Cl)cccc5Cl)noc4C4CC4)CC3)ccc2n1. The third-order valence-electron chi connectivity index (χ3n) is 7.27. The van der Waals surface area contributed by atoms with Crippen LogP contribution in [0.25, 0.3) is 22.2 Å². The minimum Gasteiger partial charge on any atom is -0.477 e. The highest BCUT2D eigenvalue weighted by Gasteiger charge is 2.33. The summed E-state index contributed by atoms with van der Waals surface area (Å²) in [5.74, 6) is 0.420. The van der Waals surface area contributed by atoms with Gasteiger partial charge in [0.15, 0.2) is 0 Å². The van der Waals surface area contributed by atoms with E-state index in [2.05, 4.69) is 26.0 Å². The zero-order chi connectivity index (χ0) is 25.5. The largest absolute Gasteiger partial charge is 0.477 e. The molecule has 0 bridgehead atoms. The summed E-state index contributed by atoms with van der Waals surface area (Å²) in [6, 6.07) is 14.9. The Kier molecular flexibility index (Phi) is 6.53. The van der Waals surface area contributed by atoms with Gasteiger partial charge < -0.3 is 14.5 Å². The first-order chi connectivity index (χ1) is 18.0. The Morgan fingerprint density at radius 2 is 1.78 bits per heavy atom. The number of rotatable bonds is 7. The van der Waals surface area contributed by atoms with Crippen molar-refractivity contribution in [1.82, 2.24) is 15.0 Å². The van der Waals surface area contributed by atoms with Crippen LogP contribution in [0.5, 0.6) is 0 Å². The number of halogens is 2. The van der Waals surface area contributed by atoms with Crippen LogP contribution in [0.2, 0.25) is 10.0 Å². The number of aromatic carboxylic acids is 1. The number of hydrogen-bond acceptors (Lipinski definition) is 6. The summed E-state index contributed by atoms with van der Waals surface area (Å²) < 4.78 is 5.82. The molecule has 1 N–H and O–H groups in total. The lowest BCUT2D eigenvalue weighted by Gasteiger charge is -2.36. The minimum atomic E-state index is -1.01. The molecule has 4 aromatic rings. The number of aromatic nitrogens is 2. The quantitative estimate of drug-likeness (QED) is 0.303. The van der Waals surface area contributed by atoms with E-state index in [4.69, 9.17) is 27.7 Å². The molecule has 1 saturated carbocycles. The van der Waals surface area contributed by atoms with Crippen LogP contribution in [-0.2, 0) is 6.42 Å². The molecule has 0 atom stereocenters. The monoisotopic (exact) mass is 536 g/mol. The van der Waals surface area contributed by atoms with E-state index in [-0.39, 0.29) is 5.69 Å². The number of piperazine rings is 1. The number of carboxylic acid groups (broad SMARTS) is 1. The number of hydrogen-bond donors (Lipinski definition) is 1. The summed E-state index contributed by atoms with van der Waals surface area (Å²) in [6.45, 7) is 4.62. The van der Waals surface area contributed by atoms with Gasteiger partial charge in [0, 0.05) is 60.8 Å². The molecule has 0 amide bonds. The molecule has 2 aromatic carbocycles. The maximum absolute atomic E-state index is 11.2. The molecule has 1 saturated heterocycles. The molecule has 190 valence electrons. The Labute approximate surface area is 224 Å². The van der Waals surface area contributed by atoms with Gasteiger partial charge in [0.25, 0.3) is 0 Å². The molecule has 37 heavy (non-hydrogen) atoms. The minimum absolute atomic E-state index is 0.0616. The standard InChI is InChI=1S/C28H26Cl2N4O3/c29-21-2-1-3-22(30)25(21)26-20(27(37-32-26)17-4-5-17)10-11-33-12-14-34(15-13-33)19-7-9-23-18(16-19)6-8-24(31-23)28(35)36/h1-3,6-9,16-17H,4-5,10-15H2,(H,35,36). The lowest BCUT2D eigenvalue weighted by Crippen LogP contribution is -2.47. The maximum Gasteiger partial charge on any atom is 0.354 e. The number of nitrogens with zero attached hydrogens (tertiary/aromatic N) is 4. The highest BCUT2D eigenvalue weighted by Crippen LogP contribution is 2.46. The Hall–Kier alpha value is -3.13. The van der Waals surface area contributed by atoms with Crippen LogP contribution in [0.3, 0.4) is 0 Å². The van der Waals surface area contributed by atoms with Crippen molar-refractivity contribution >= 4 is 45.8 Å². The average Bonchev–Trinajstić information content (AvgIpc) is 3.67. The Bertz CT molecular complexity index is 1460. The Balaban J connectivity index is 1.13. The second kappa shape index (κ2) is 9.97. The molecule has 0 unspecified atom stereocenters. The molecule has 9 heteroatoms. The number of carboxylic acids is 1. The summed E-state index contributed by atoms with van der Waals surface area (Å²) in [7, 11) is 0. The van der Waals surface area contributed by atoms with Crippen LogP contribution in [0.15, 0.2) is 53.1 Å². The van der Waals surface area contributed by atoms with Crippen molar-refractivity contribution in [3.8, 4) is 11.3 Å². The molecule has 2 aromatic heterocycles. The van der Waals surface area contributed by atoms with Gasteiger partial charge in [-0.25, -0.2) is 9.78 Å². The van der Waals surface area contributed by atoms with Crippen molar-refractivity contribution in [2.75, 3.05) is 37.6 Å². The average molecular weight is 537 g/mol. The van der Waals surface area contributed by atoms with E-state index in [1.165, 1.54) is 0 Å². The van der Waals surface area contributed by atoms with E-state index in [0.29, 0.717) is 21.5 Å². The van der Waals surface area contributed by atoms with Crippen LogP contribution in [0.1, 0.15) is 40.6 Å². The topological polar surface area (TPSA) is 82.7 Å². The molecule has 6 rings (SSSR count). The molecule has 2 fully saturated rings. The third kappa shape index (κ3) is 4.91. The molecule has 2 aliphatic rings. The van der Waals surface area contributed by atoms with Gasteiger partial charge in [-0.1, -0.05) is 40.5 Å². The molecule has 7 nitrogen and oxygen atoms in total. The predicted molar refractivity (Wildman–Crippen MR) is 145 cm³/mol. The lowest BCUT2D eigenvalue weighted by molar-refractivity contribution is 0.0691. The zero-order valence-electron chi connectivity index (χ0n) is 20.2. The van der Waals surface area contributed by atoms with Crippen molar-refractivity contribution in [3.63, 3.8) is 0 Å². The fourth-order valence-corrected chi connectivity index (χ4v) is 5.66. The molecule has 1 aliphatic heterocycles. The van der Waals surface area contributed by atoms with Gasteiger partial charge in [0.05, 0.1) is 15.6 Å². The number of fused-ring (bicyclic) bond motifs is 1. The smallest absolute Gasteiger partial charge is 0.354 e. The van der Waals surface area contributed by atoms with Crippen LogP contribution in [-0.4, -0.2) is 58.8 Å². The summed E-state index contributed by atoms with van der Waals surface area (Å²) in [6.07, 6.45) is 3.10. The predicted octanol–water partition coefficient (Wildman–Crippen LogP) is 6.14. The molecular weight excluding hydrogens is 511 g/mol. The van der Waals surface area contributed by atoms with E-state index in [9.17, 15) is 9.90 Å². The number of anilines is 1. The maximum atomic E-state index is 11.2. The first kappa shape index (κ1) is 24.2. The van der Waals surface area contributed by atoms with Crippen LogP contribution in [0, 0.1) is 0 Å². The number of carbonyl (C=O) groups is 1. The van der Waals surface area contributed by atoms with Crippen molar-refractivity contribution < 1.29 is 14.4 Å². The van der Waals surface area contributed by atoms with Gasteiger partial charge in [-0.2, -0.15) is 0 Å². The van der Waals surface area contributed by atoms with Gasteiger partial charge in [-0.05, 0) is 55.7 Å². The van der Waals surface area contributed by atoms with E-state index in [1.807, 2.05) is 36.4 Å². The number of benzene rings is 2. The van der Waals surface area contributed by atoms with Crippen LogP contribution in [0.4, 0.5) is 5.69 Å². The fraction of sp³-hybridized carbons (Fsp3) is 0.321. The lowest BCUT2D eigenvalue weighted by atomic mass is 10.0. The molecule has 3 heterocycles. The van der Waals surface area contributed by atoms with Gasteiger partial charge in [-0.15, -0.1) is 0 Å². The highest BCUT2D eigenvalue weighted by molar-refractivity contribution is 6.39. The summed E-state index contributed by atoms with van der Waals surface area (Å²) in [5.41, 5.74) is 4.53. The first-order valence-corrected chi connectivity index (χ1v) is 13.3. The highest BCUT2D eigenvalue weighted by atomic mass is 35.5. The van der Waals surface area contributed by atoms with Gasteiger partial charge in [0.2, 0.25) is 0 Å². The second-order valence-corrected chi connectivity index (χ2v) is 10.5.